The standard InChI is InChI=1S/C15H18N2O/c16-12-7-1-2-8-13(12)18-14-9-3-5-11-6-4-10-17-15(11)14/h3-6,9-10,12-13H,1-2,7-8,16H2. The third-order valence-electron chi connectivity index (χ3n) is 3.63. The van der Waals surface area contributed by atoms with Gasteiger partial charge in [-0.25, -0.2) is 0 Å². The van der Waals surface area contributed by atoms with Gasteiger partial charge in [-0.15, -0.1) is 0 Å². The Hall–Kier alpha value is -1.61. The van der Waals surface area contributed by atoms with E-state index >= 15 is 0 Å². The Morgan fingerprint density at radius 2 is 1.94 bits per heavy atom. The van der Waals surface area contributed by atoms with E-state index in [1.165, 1.54) is 12.8 Å². The number of rotatable bonds is 2. The molecule has 1 aliphatic carbocycles. The van der Waals surface area contributed by atoms with Gasteiger partial charge in [0.15, 0.2) is 0 Å². The first kappa shape index (κ1) is 11.5. The van der Waals surface area contributed by atoms with E-state index in [4.69, 9.17) is 10.5 Å². The Morgan fingerprint density at radius 1 is 1.11 bits per heavy atom. The van der Waals surface area contributed by atoms with Gasteiger partial charge >= 0.3 is 0 Å². The Kier molecular flexibility index (Phi) is 3.15. The number of fused-ring (bicyclic) bond motifs is 1. The van der Waals surface area contributed by atoms with Crippen LogP contribution in [0, 0.1) is 0 Å². The van der Waals surface area contributed by atoms with Crippen LogP contribution in [0.2, 0.25) is 0 Å². The van der Waals surface area contributed by atoms with Crippen LogP contribution in [0.15, 0.2) is 36.5 Å². The molecule has 2 aromatic rings. The lowest BCUT2D eigenvalue weighted by atomic mass is 9.93. The van der Waals surface area contributed by atoms with Gasteiger partial charge in [-0.05, 0) is 31.4 Å². The van der Waals surface area contributed by atoms with E-state index in [0.29, 0.717) is 0 Å². The fourth-order valence-electron chi connectivity index (χ4n) is 2.61. The number of pyridine rings is 1. The minimum Gasteiger partial charge on any atom is -0.487 e. The highest BCUT2D eigenvalue weighted by Gasteiger charge is 2.23. The van der Waals surface area contributed by atoms with Gasteiger partial charge in [-0.3, -0.25) is 4.98 Å². The van der Waals surface area contributed by atoms with Crippen molar-refractivity contribution >= 4 is 10.9 Å². The Morgan fingerprint density at radius 3 is 2.83 bits per heavy atom. The zero-order chi connectivity index (χ0) is 12.4. The maximum atomic E-state index is 6.13. The van der Waals surface area contributed by atoms with Crippen LogP contribution in [0.5, 0.6) is 5.75 Å². The van der Waals surface area contributed by atoms with Crippen LogP contribution in [-0.2, 0) is 0 Å². The van der Waals surface area contributed by atoms with Gasteiger partial charge < -0.3 is 10.5 Å². The highest BCUT2D eigenvalue weighted by Crippen LogP contribution is 2.27. The van der Waals surface area contributed by atoms with Crippen molar-refractivity contribution in [3.05, 3.63) is 36.5 Å². The van der Waals surface area contributed by atoms with Crippen molar-refractivity contribution in [1.82, 2.24) is 4.98 Å². The van der Waals surface area contributed by atoms with Gasteiger partial charge in [0.25, 0.3) is 0 Å². The molecule has 0 spiro atoms. The summed E-state index contributed by atoms with van der Waals surface area (Å²) in [7, 11) is 0. The van der Waals surface area contributed by atoms with Crippen molar-refractivity contribution in [2.24, 2.45) is 5.73 Å². The minimum absolute atomic E-state index is 0.131. The van der Waals surface area contributed by atoms with Crippen molar-refractivity contribution in [2.75, 3.05) is 0 Å². The summed E-state index contributed by atoms with van der Waals surface area (Å²) in [4.78, 5) is 4.41. The van der Waals surface area contributed by atoms with E-state index in [1.54, 1.807) is 6.20 Å². The number of benzene rings is 1. The van der Waals surface area contributed by atoms with Crippen LogP contribution in [0.1, 0.15) is 25.7 Å². The molecule has 3 heteroatoms. The lowest BCUT2D eigenvalue weighted by Gasteiger charge is -2.29. The summed E-state index contributed by atoms with van der Waals surface area (Å²) >= 11 is 0. The molecule has 3 nitrogen and oxygen atoms in total. The second-order valence-electron chi connectivity index (χ2n) is 4.94. The molecule has 1 fully saturated rings. The molecule has 1 aromatic carbocycles. The summed E-state index contributed by atoms with van der Waals surface area (Å²) in [6.07, 6.45) is 6.46. The number of hydrogen-bond donors (Lipinski definition) is 1. The fourth-order valence-corrected chi connectivity index (χ4v) is 2.61. The highest BCUT2D eigenvalue weighted by molar-refractivity contribution is 5.84. The molecule has 0 amide bonds. The zero-order valence-electron chi connectivity index (χ0n) is 10.4. The van der Waals surface area contributed by atoms with Crippen LogP contribution in [-0.4, -0.2) is 17.1 Å². The summed E-state index contributed by atoms with van der Waals surface area (Å²) in [5.74, 6) is 0.857. The van der Waals surface area contributed by atoms with Crippen molar-refractivity contribution in [3.63, 3.8) is 0 Å². The molecule has 1 aliphatic rings. The van der Waals surface area contributed by atoms with Crippen molar-refractivity contribution in [2.45, 2.75) is 37.8 Å². The minimum atomic E-state index is 0.131. The lowest BCUT2D eigenvalue weighted by Crippen LogP contribution is -2.41. The van der Waals surface area contributed by atoms with E-state index in [1.807, 2.05) is 18.2 Å². The van der Waals surface area contributed by atoms with Gasteiger partial charge in [-0.1, -0.05) is 24.6 Å². The number of ether oxygens (including phenoxy) is 1. The van der Waals surface area contributed by atoms with E-state index in [2.05, 4.69) is 17.1 Å². The van der Waals surface area contributed by atoms with Crippen LogP contribution < -0.4 is 10.5 Å². The van der Waals surface area contributed by atoms with Gasteiger partial charge in [-0.2, -0.15) is 0 Å². The van der Waals surface area contributed by atoms with Crippen molar-refractivity contribution in [3.8, 4) is 5.75 Å². The predicted octanol–water partition coefficient (Wildman–Crippen LogP) is 2.88. The number of aromatic nitrogens is 1. The van der Waals surface area contributed by atoms with Crippen LogP contribution >= 0.6 is 0 Å². The third kappa shape index (κ3) is 2.18. The SMILES string of the molecule is NC1CCCCC1Oc1cccc2cccnc12. The quantitative estimate of drug-likeness (QED) is 0.880. The summed E-state index contributed by atoms with van der Waals surface area (Å²) in [5.41, 5.74) is 7.05. The zero-order valence-corrected chi connectivity index (χ0v) is 10.4. The molecule has 0 saturated heterocycles. The molecule has 2 unspecified atom stereocenters. The maximum Gasteiger partial charge on any atom is 0.146 e. The average molecular weight is 242 g/mol. The molecule has 0 bridgehead atoms. The molecule has 2 N–H and O–H groups in total. The van der Waals surface area contributed by atoms with Crippen LogP contribution in [0.3, 0.4) is 0 Å². The number of nitrogens with zero attached hydrogens (tertiary/aromatic N) is 1. The second-order valence-corrected chi connectivity index (χ2v) is 4.94. The summed E-state index contributed by atoms with van der Waals surface area (Å²) in [6, 6.07) is 10.2. The maximum absolute atomic E-state index is 6.13. The normalized spacial score (nSPS) is 24.1. The number of nitrogens with two attached hydrogens (primary N) is 1. The van der Waals surface area contributed by atoms with E-state index in [0.717, 1.165) is 29.5 Å². The first-order chi connectivity index (χ1) is 8.84. The second kappa shape index (κ2) is 4.94. The van der Waals surface area contributed by atoms with E-state index in [-0.39, 0.29) is 12.1 Å². The molecular formula is C15H18N2O. The number of para-hydroxylation sites is 1. The van der Waals surface area contributed by atoms with Crippen molar-refractivity contribution < 1.29 is 4.74 Å². The third-order valence-corrected chi connectivity index (χ3v) is 3.63. The summed E-state index contributed by atoms with van der Waals surface area (Å²) in [5, 5.41) is 1.11. The Balaban J connectivity index is 1.90. The molecule has 1 saturated carbocycles. The summed E-state index contributed by atoms with van der Waals surface area (Å²) in [6.45, 7) is 0. The Bertz CT molecular complexity index is 536. The first-order valence-corrected chi connectivity index (χ1v) is 6.60. The smallest absolute Gasteiger partial charge is 0.146 e. The molecular weight excluding hydrogens is 224 g/mol. The van der Waals surface area contributed by atoms with Gasteiger partial charge in [0, 0.05) is 17.6 Å². The van der Waals surface area contributed by atoms with Crippen LogP contribution in [0.4, 0.5) is 0 Å². The molecule has 1 aromatic heterocycles. The van der Waals surface area contributed by atoms with Gasteiger partial charge in [0.1, 0.15) is 17.4 Å². The monoisotopic (exact) mass is 242 g/mol. The van der Waals surface area contributed by atoms with Gasteiger partial charge in [0.2, 0.25) is 0 Å². The highest BCUT2D eigenvalue weighted by atomic mass is 16.5. The number of hydrogen-bond acceptors (Lipinski definition) is 3. The lowest BCUT2D eigenvalue weighted by molar-refractivity contribution is 0.134. The largest absolute Gasteiger partial charge is 0.487 e. The molecule has 0 aliphatic heterocycles. The molecule has 2 atom stereocenters. The average Bonchev–Trinajstić information content (AvgIpc) is 2.42. The van der Waals surface area contributed by atoms with Crippen LogP contribution in [0.25, 0.3) is 10.9 Å². The van der Waals surface area contributed by atoms with Gasteiger partial charge in [0.05, 0.1) is 0 Å². The first-order valence-electron chi connectivity index (χ1n) is 6.60. The van der Waals surface area contributed by atoms with E-state index in [9.17, 15) is 0 Å². The van der Waals surface area contributed by atoms with Crippen molar-refractivity contribution in [1.29, 1.82) is 0 Å². The molecule has 1 heterocycles. The molecule has 18 heavy (non-hydrogen) atoms. The summed E-state index contributed by atoms with van der Waals surface area (Å²) < 4.78 is 6.09. The molecule has 0 radical (unpaired) electrons. The molecule has 94 valence electrons. The Labute approximate surface area is 107 Å². The molecule has 3 rings (SSSR count). The predicted molar refractivity (Wildman–Crippen MR) is 72.6 cm³/mol. The fraction of sp³-hybridized carbons (Fsp3) is 0.400. The van der Waals surface area contributed by atoms with E-state index < -0.39 is 0 Å². The topological polar surface area (TPSA) is 48.1 Å².